The van der Waals surface area contributed by atoms with Gasteiger partial charge in [0, 0.05) is 6.54 Å². The molecule has 0 spiro atoms. The fraction of sp³-hybridized carbons (Fsp3) is 0.368. The topological polar surface area (TPSA) is 89.1 Å². The number of furan rings is 1. The molecule has 9 heteroatoms. The predicted molar refractivity (Wildman–Crippen MR) is 107 cm³/mol. The zero-order valence-electron chi connectivity index (χ0n) is 16.0. The van der Waals surface area contributed by atoms with Crippen LogP contribution in [0.2, 0.25) is 0 Å². The van der Waals surface area contributed by atoms with Crippen molar-refractivity contribution in [3.63, 3.8) is 0 Å². The zero-order chi connectivity index (χ0) is 19.8. The van der Waals surface area contributed by atoms with E-state index in [1.165, 1.54) is 11.8 Å². The van der Waals surface area contributed by atoms with Crippen LogP contribution >= 0.6 is 11.8 Å². The highest BCUT2D eigenvalue weighted by atomic mass is 32.2. The first-order valence-electron chi connectivity index (χ1n) is 9.23. The molecule has 1 aromatic carbocycles. The van der Waals surface area contributed by atoms with Crippen LogP contribution in [0.15, 0.2) is 58.3 Å². The third kappa shape index (κ3) is 4.99. The smallest absolute Gasteiger partial charge is 0.230 e. The average Bonchev–Trinajstić information content (AvgIpc) is 3.42. The Bertz CT molecular complexity index is 848. The van der Waals surface area contributed by atoms with Crippen LogP contribution in [0, 0.1) is 0 Å². The fourth-order valence-electron chi connectivity index (χ4n) is 2.95. The van der Waals surface area contributed by atoms with Crippen LogP contribution in [-0.2, 0) is 4.79 Å². The lowest BCUT2D eigenvalue weighted by Gasteiger charge is -2.28. The summed E-state index contributed by atoms with van der Waals surface area (Å²) >= 11 is 1.30. The molecular weight excluding hydrogens is 376 g/mol. The van der Waals surface area contributed by atoms with Gasteiger partial charge in [-0.3, -0.25) is 9.69 Å². The van der Waals surface area contributed by atoms with E-state index in [0.717, 1.165) is 24.5 Å². The molecule has 28 heavy (non-hydrogen) atoms. The first kappa shape index (κ1) is 20.1. The van der Waals surface area contributed by atoms with Gasteiger partial charge in [-0.1, -0.05) is 43.8 Å². The number of aromatic nitrogens is 4. The SMILES string of the molecule is CCN(CC)C(CNC(=O)CSc1nnnn1-c1ccccc1)c1ccco1. The minimum absolute atomic E-state index is 0.00795. The second-order valence-electron chi connectivity index (χ2n) is 6.05. The van der Waals surface area contributed by atoms with Crippen molar-refractivity contribution in [1.82, 2.24) is 30.4 Å². The second-order valence-corrected chi connectivity index (χ2v) is 7.00. The summed E-state index contributed by atoms with van der Waals surface area (Å²) < 4.78 is 7.19. The Labute approximate surface area is 168 Å². The normalized spacial score (nSPS) is 12.2. The molecule has 0 radical (unpaired) electrons. The Kier molecular flexibility index (Phi) is 7.21. The molecule has 148 valence electrons. The van der Waals surface area contributed by atoms with Gasteiger partial charge in [-0.15, -0.1) is 5.10 Å². The lowest BCUT2D eigenvalue weighted by atomic mass is 10.2. The van der Waals surface area contributed by atoms with E-state index in [0.29, 0.717) is 11.7 Å². The van der Waals surface area contributed by atoms with Gasteiger partial charge in [0.1, 0.15) is 5.76 Å². The summed E-state index contributed by atoms with van der Waals surface area (Å²) in [7, 11) is 0. The number of tetrazole rings is 1. The number of carbonyl (C=O) groups excluding carboxylic acids is 1. The summed E-state index contributed by atoms with van der Waals surface area (Å²) in [6, 6.07) is 13.4. The Hall–Kier alpha value is -2.65. The monoisotopic (exact) mass is 400 g/mol. The highest BCUT2D eigenvalue weighted by molar-refractivity contribution is 7.99. The first-order chi connectivity index (χ1) is 13.7. The van der Waals surface area contributed by atoms with Gasteiger partial charge in [0.25, 0.3) is 0 Å². The van der Waals surface area contributed by atoms with Crippen molar-refractivity contribution in [2.45, 2.75) is 25.0 Å². The molecule has 8 nitrogen and oxygen atoms in total. The summed E-state index contributed by atoms with van der Waals surface area (Å²) in [5, 5.41) is 15.3. The van der Waals surface area contributed by atoms with Crippen molar-refractivity contribution in [3.05, 3.63) is 54.5 Å². The van der Waals surface area contributed by atoms with Crippen LogP contribution in [0.3, 0.4) is 0 Å². The van der Waals surface area contributed by atoms with Crippen LogP contribution < -0.4 is 5.32 Å². The van der Waals surface area contributed by atoms with Gasteiger partial charge < -0.3 is 9.73 Å². The number of likely N-dealkylation sites (N-methyl/N-ethyl adjacent to an activating group) is 1. The maximum absolute atomic E-state index is 12.4. The Morgan fingerprint density at radius 3 is 2.68 bits per heavy atom. The highest BCUT2D eigenvalue weighted by Crippen LogP contribution is 2.21. The molecule has 1 atom stereocenters. The van der Waals surface area contributed by atoms with Gasteiger partial charge in [-0.05, 0) is 47.8 Å². The number of nitrogens with one attached hydrogen (secondary N) is 1. The molecule has 0 saturated carbocycles. The minimum Gasteiger partial charge on any atom is -0.468 e. The number of nitrogens with zero attached hydrogens (tertiary/aromatic N) is 5. The van der Waals surface area contributed by atoms with Crippen molar-refractivity contribution in [2.24, 2.45) is 0 Å². The molecule has 1 amide bonds. The van der Waals surface area contributed by atoms with E-state index in [1.807, 2.05) is 42.5 Å². The summed E-state index contributed by atoms with van der Waals surface area (Å²) in [6.07, 6.45) is 1.66. The van der Waals surface area contributed by atoms with Gasteiger partial charge in [-0.2, -0.15) is 4.68 Å². The summed E-state index contributed by atoms with van der Waals surface area (Å²) in [4.78, 5) is 14.7. The third-order valence-electron chi connectivity index (χ3n) is 4.39. The molecule has 3 rings (SSSR count). The maximum Gasteiger partial charge on any atom is 0.230 e. The molecule has 0 aliphatic rings. The molecular formula is C19H24N6O2S. The van der Waals surface area contributed by atoms with Crippen LogP contribution in [0.1, 0.15) is 25.6 Å². The molecule has 1 unspecified atom stereocenters. The van der Waals surface area contributed by atoms with E-state index in [2.05, 4.69) is 39.6 Å². The van der Waals surface area contributed by atoms with Crippen LogP contribution in [0.4, 0.5) is 0 Å². The predicted octanol–water partition coefficient (Wildman–Crippen LogP) is 2.55. The number of hydrogen-bond acceptors (Lipinski definition) is 7. The highest BCUT2D eigenvalue weighted by Gasteiger charge is 2.21. The quantitative estimate of drug-likeness (QED) is 0.523. The number of hydrogen-bond donors (Lipinski definition) is 1. The summed E-state index contributed by atoms with van der Waals surface area (Å²) in [5.74, 6) is 1.01. The van der Waals surface area contributed by atoms with Gasteiger partial charge in [0.05, 0.1) is 23.7 Å². The van der Waals surface area contributed by atoms with Gasteiger partial charge in [-0.25, -0.2) is 0 Å². The Morgan fingerprint density at radius 1 is 1.21 bits per heavy atom. The van der Waals surface area contributed by atoms with Crippen LogP contribution in [-0.4, -0.2) is 56.4 Å². The van der Waals surface area contributed by atoms with Crippen molar-refractivity contribution >= 4 is 17.7 Å². The lowest BCUT2D eigenvalue weighted by Crippen LogP contribution is -2.38. The van der Waals surface area contributed by atoms with E-state index < -0.39 is 0 Å². The number of thioether (sulfide) groups is 1. The summed E-state index contributed by atoms with van der Waals surface area (Å²) in [5.41, 5.74) is 0.856. The van der Waals surface area contributed by atoms with E-state index in [-0.39, 0.29) is 17.7 Å². The molecule has 0 saturated heterocycles. The number of para-hydroxylation sites is 1. The average molecular weight is 401 g/mol. The van der Waals surface area contributed by atoms with Crippen LogP contribution in [0.25, 0.3) is 5.69 Å². The fourth-order valence-corrected chi connectivity index (χ4v) is 3.67. The standard InChI is InChI=1S/C19H24N6O2S/c1-3-24(4-2)16(17-11-8-12-27-17)13-20-18(26)14-28-19-21-22-23-25(19)15-9-6-5-7-10-15/h5-12,16H,3-4,13-14H2,1-2H3,(H,20,26). The van der Waals surface area contributed by atoms with Crippen LogP contribution in [0.5, 0.6) is 0 Å². The maximum atomic E-state index is 12.4. The molecule has 2 aromatic heterocycles. The summed E-state index contributed by atoms with van der Waals surface area (Å²) in [6.45, 7) is 6.43. The molecule has 0 bridgehead atoms. The largest absolute Gasteiger partial charge is 0.468 e. The van der Waals surface area contributed by atoms with Crippen molar-refractivity contribution in [3.8, 4) is 5.69 Å². The van der Waals surface area contributed by atoms with E-state index in [1.54, 1.807) is 10.9 Å². The molecule has 2 heterocycles. The van der Waals surface area contributed by atoms with E-state index >= 15 is 0 Å². The lowest BCUT2D eigenvalue weighted by molar-refractivity contribution is -0.118. The van der Waals surface area contributed by atoms with Gasteiger partial charge in [0.2, 0.25) is 11.1 Å². The second kappa shape index (κ2) is 10.0. The van der Waals surface area contributed by atoms with Gasteiger partial charge in [0.15, 0.2) is 0 Å². The van der Waals surface area contributed by atoms with Crippen molar-refractivity contribution in [2.75, 3.05) is 25.4 Å². The Balaban J connectivity index is 1.57. The number of rotatable bonds is 10. The zero-order valence-corrected chi connectivity index (χ0v) is 16.8. The van der Waals surface area contributed by atoms with Crippen molar-refractivity contribution in [1.29, 1.82) is 0 Å². The number of amides is 1. The number of carbonyl (C=O) groups is 1. The molecule has 3 aromatic rings. The third-order valence-corrected chi connectivity index (χ3v) is 5.31. The van der Waals surface area contributed by atoms with Crippen molar-refractivity contribution < 1.29 is 9.21 Å². The number of benzene rings is 1. The molecule has 1 N–H and O–H groups in total. The molecule has 0 fully saturated rings. The first-order valence-corrected chi connectivity index (χ1v) is 10.2. The Morgan fingerprint density at radius 2 is 2.00 bits per heavy atom. The van der Waals surface area contributed by atoms with E-state index in [4.69, 9.17) is 4.42 Å². The molecule has 0 aliphatic carbocycles. The molecule has 0 aliphatic heterocycles. The van der Waals surface area contributed by atoms with E-state index in [9.17, 15) is 4.79 Å². The minimum atomic E-state index is -0.0728. The van der Waals surface area contributed by atoms with Gasteiger partial charge >= 0.3 is 0 Å².